The Bertz CT molecular complexity index is 1580. The molecule has 0 unspecified atom stereocenters. The van der Waals surface area contributed by atoms with E-state index in [1.807, 2.05) is 26.8 Å². The number of hydrogen-bond acceptors (Lipinski definition) is 9. The van der Waals surface area contributed by atoms with Gasteiger partial charge in [0.05, 0.1) is 24.5 Å². The van der Waals surface area contributed by atoms with E-state index in [-0.39, 0.29) is 59.0 Å². The number of carbonyl (C=O) groups is 5. The normalized spacial score (nSPS) is 44.4. The Morgan fingerprint density at radius 3 is 2.35 bits per heavy atom. The fourth-order valence-corrected chi connectivity index (χ4v) is 12.3. The maximum atomic E-state index is 13.8. The van der Waals surface area contributed by atoms with E-state index < -0.39 is 33.9 Å². The first-order valence-electron chi connectivity index (χ1n) is 20.0. The van der Waals surface area contributed by atoms with Crippen molar-refractivity contribution >= 4 is 29.3 Å². The lowest BCUT2D eigenvalue weighted by Gasteiger charge is -2.64. The predicted octanol–water partition coefficient (Wildman–Crippen LogP) is 8.42. The monoisotopic (exact) mass is 722 g/mol. The van der Waals surface area contributed by atoms with Crippen LogP contribution >= 0.6 is 0 Å². The minimum Gasteiger partial charge on any atom is -0.472 e. The van der Waals surface area contributed by atoms with E-state index in [2.05, 4.69) is 34.6 Å². The summed E-state index contributed by atoms with van der Waals surface area (Å²) in [4.78, 5) is 63.6. The van der Waals surface area contributed by atoms with Crippen molar-refractivity contribution in [3.8, 4) is 0 Å². The molecule has 9 heteroatoms. The van der Waals surface area contributed by atoms with E-state index in [1.54, 1.807) is 12.5 Å². The third-order valence-electron chi connectivity index (χ3n) is 16.5. The molecule has 2 spiro atoms. The summed E-state index contributed by atoms with van der Waals surface area (Å²) < 4.78 is 22.6. The molecule has 0 aromatic carbocycles. The lowest BCUT2D eigenvalue weighted by molar-refractivity contribution is -0.216. The number of hydrogen-bond donors (Lipinski definition) is 0. The highest BCUT2D eigenvalue weighted by molar-refractivity contribution is 6.38. The Morgan fingerprint density at radius 2 is 1.73 bits per heavy atom. The van der Waals surface area contributed by atoms with E-state index in [9.17, 15) is 24.0 Å². The van der Waals surface area contributed by atoms with Gasteiger partial charge in [0.1, 0.15) is 29.5 Å². The van der Waals surface area contributed by atoms with Crippen LogP contribution in [-0.4, -0.2) is 48.1 Å². The van der Waals surface area contributed by atoms with Gasteiger partial charge in [-0.2, -0.15) is 0 Å². The van der Waals surface area contributed by atoms with Crippen LogP contribution in [0.25, 0.3) is 0 Å². The second-order valence-electron chi connectivity index (χ2n) is 18.6. The molecular weight excluding hydrogens is 660 g/mol. The van der Waals surface area contributed by atoms with Gasteiger partial charge in [0.15, 0.2) is 5.78 Å². The fraction of sp³-hybridized carbons (Fsp3) is 0.791. The van der Waals surface area contributed by atoms with E-state index in [0.29, 0.717) is 37.7 Å². The summed E-state index contributed by atoms with van der Waals surface area (Å²) in [6.45, 7) is 19.4. The number of ketones is 3. The molecule has 4 aliphatic carbocycles. The first kappa shape index (κ1) is 38.9. The molecule has 12 atom stereocenters. The summed E-state index contributed by atoms with van der Waals surface area (Å²) in [5.74, 6) is 0.594. The molecule has 52 heavy (non-hydrogen) atoms. The van der Waals surface area contributed by atoms with Crippen molar-refractivity contribution in [3.63, 3.8) is 0 Å². The summed E-state index contributed by atoms with van der Waals surface area (Å²) >= 11 is 0. The molecule has 1 aromatic rings. The number of Topliss-reactive ketones (excluding diaryl/α,β-unsaturated/α-hetero) is 3. The van der Waals surface area contributed by atoms with E-state index >= 15 is 0 Å². The molecule has 0 bridgehead atoms. The van der Waals surface area contributed by atoms with Crippen LogP contribution in [0.2, 0.25) is 0 Å². The standard InChI is InChI=1S/C23H28O7.C20H34O2/c1-14-9-18(25)23(13-28-15(2)24)20(3,6-4-7-21(23)12-29-21)22(14)10-17(30-19(22)26)16-5-8-27-11-16;1-7-13(2)8-10-19(5)14(3)9-11-20(6)15(4)18(22)16(21)12-17(19)20/h5,8,11,14,17H,4,6-7,9-10,12-13H2,1-3H3;13-15,17H,7-12H2,1-6H3/t14-,17+,20-,21+,22+,23-;13-,14+,15-,17+,19-,20-/m10/s1. The highest BCUT2D eigenvalue weighted by Crippen LogP contribution is 2.75. The molecule has 7 rings (SSSR count). The zero-order valence-electron chi connectivity index (χ0n) is 33.1. The quantitative estimate of drug-likeness (QED) is 0.155. The summed E-state index contributed by atoms with van der Waals surface area (Å²) in [6.07, 6.45) is 12.2. The van der Waals surface area contributed by atoms with Gasteiger partial charge in [-0.25, -0.2) is 0 Å². The molecule has 9 nitrogen and oxygen atoms in total. The first-order valence-corrected chi connectivity index (χ1v) is 20.0. The van der Waals surface area contributed by atoms with Crippen LogP contribution in [0.15, 0.2) is 23.0 Å². The van der Waals surface area contributed by atoms with Gasteiger partial charge >= 0.3 is 11.9 Å². The molecule has 0 radical (unpaired) electrons. The molecule has 2 aliphatic heterocycles. The second-order valence-corrected chi connectivity index (χ2v) is 18.6. The van der Waals surface area contributed by atoms with Crippen LogP contribution in [-0.2, 0) is 38.2 Å². The number of esters is 2. The molecule has 0 amide bonds. The molecule has 288 valence electrons. The molecule has 3 heterocycles. The zero-order valence-corrected chi connectivity index (χ0v) is 33.1. The van der Waals surface area contributed by atoms with Gasteiger partial charge < -0.3 is 18.6 Å². The highest BCUT2D eigenvalue weighted by Gasteiger charge is 2.82. The third kappa shape index (κ3) is 5.51. The molecule has 0 N–H and O–H groups in total. The van der Waals surface area contributed by atoms with Gasteiger partial charge in [-0.15, -0.1) is 0 Å². The summed E-state index contributed by atoms with van der Waals surface area (Å²) in [7, 11) is 0. The average Bonchev–Trinajstić information content (AvgIpc) is 3.48. The van der Waals surface area contributed by atoms with Crippen LogP contribution in [0.3, 0.4) is 0 Å². The van der Waals surface area contributed by atoms with Gasteiger partial charge in [0.25, 0.3) is 0 Å². The Balaban J connectivity index is 0.000000188. The molecule has 2 saturated heterocycles. The fourth-order valence-electron chi connectivity index (χ4n) is 12.3. The Labute approximate surface area is 310 Å². The van der Waals surface area contributed by atoms with E-state index in [0.717, 1.165) is 30.7 Å². The van der Waals surface area contributed by atoms with Gasteiger partial charge in [0.2, 0.25) is 5.78 Å². The number of fused-ring (bicyclic) bond motifs is 4. The molecule has 1 aromatic heterocycles. The number of carbonyl (C=O) groups excluding carboxylic acids is 5. The molecular formula is C43H62O9. The maximum Gasteiger partial charge on any atom is 0.313 e. The number of ether oxygens (including phenoxy) is 3. The van der Waals surface area contributed by atoms with Crippen LogP contribution in [0, 0.1) is 56.7 Å². The van der Waals surface area contributed by atoms with Crippen molar-refractivity contribution in [3.05, 3.63) is 24.2 Å². The summed E-state index contributed by atoms with van der Waals surface area (Å²) in [5, 5.41) is 0. The van der Waals surface area contributed by atoms with E-state index in [4.69, 9.17) is 18.6 Å². The smallest absolute Gasteiger partial charge is 0.313 e. The maximum absolute atomic E-state index is 13.8. The lowest BCUT2D eigenvalue weighted by atomic mass is 9.36. The number of rotatable bonds is 7. The minimum absolute atomic E-state index is 0.0156. The largest absolute Gasteiger partial charge is 0.472 e. The number of cyclic esters (lactones) is 1. The van der Waals surface area contributed by atoms with Crippen LogP contribution in [0.1, 0.15) is 145 Å². The van der Waals surface area contributed by atoms with Crippen molar-refractivity contribution in [2.75, 3.05) is 13.2 Å². The van der Waals surface area contributed by atoms with Gasteiger partial charge in [-0.05, 0) is 79.1 Å². The topological polar surface area (TPSA) is 129 Å². The SMILES string of the molecule is CC(=O)OC[C@@]12C(=O)C[C@@H](C)[C@]3(C[C@@H](c4ccoc4)OC3=O)[C@@]1(C)CCC[C@]21CO1.CC[C@H](C)CC[C@]1(C)[C@H]2CC(=O)C(=O)[C@H](C)[C@]2(C)CC[C@H]1C. The van der Waals surface area contributed by atoms with Crippen molar-refractivity contribution in [2.45, 2.75) is 145 Å². The van der Waals surface area contributed by atoms with Gasteiger partial charge in [-0.3, -0.25) is 24.0 Å². The third-order valence-corrected chi connectivity index (χ3v) is 16.5. The molecule has 6 fully saturated rings. The van der Waals surface area contributed by atoms with Crippen molar-refractivity contribution in [2.24, 2.45) is 56.7 Å². The lowest BCUT2D eigenvalue weighted by Crippen LogP contribution is -2.72. The molecule has 6 aliphatic rings. The van der Waals surface area contributed by atoms with Crippen molar-refractivity contribution in [1.29, 1.82) is 0 Å². The number of furan rings is 1. The Hall–Kier alpha value is -2.81. The second kappa shape index (κ2) is 13.5. The average molecular weight is 723 g/mol. The zero-order chi connectivity index (χ0) is 38.1. The van der Waals surface area contributed by atoms with Crippen molar-refractivity contribution < 1.29 is 42.6 Å². The van der Waals surface area contributed by atoms with Crippen molar-refractivity contribution in [1.82, 2.24) is 0 Å². The number of epoxide rings is 1. The van der Waals surface area contributed by atoms with Gasteiger partial charge in [0, 0.05) is 43.1 Å². The highest BCUT2D eigenvalue weighted by atomic mass is 16.6. The molecule has 4 saturated carbocycles. The minimum atomic E-state index is -1.04. The summed E-state index contributed by atoms with van der Waals surface area (Å²) in [6, 6.07) is 1.82. The first-order chi connectivity index (χ1) is 24.4. The predicted molar refractivity (Wildman–Crippen MR) is 194 cm³/mol. The van der Waals surface area contributed by atoms with Gasteiger partial charge in [-0.1, -0.05) is 68.2 Å². The summed E-state index contributed by atoms with van der Waals surface area (Å²) in [5.41, 5.74) is -2.26. The Kier molecular flexibility index (Phi) is 10.1. The van der Waals surface area contributed by atoms with Crippen LogP contribution < -0.4 is 0 Å². The van der Waals surface area contributed by atoms with E-state index in [1.165, 1.54) is 32.6 Å². The van der Waals surface area contributed by atoms with Crippen LogP contribution in [0.5, 0.6) is 0 Å². The Morgan fingerprint density at radius 1 is 1.02 bits per heavy atom. The van der Waals surface area contributed by atoms with Crippen LogP contribution in [0.4, 0.5) is 0 Å².